The van der Waals surface area contributed by atoms with Crippen molar-refractivity contribution in [1.29, 1.82) is 5.26 Å². The predicted molar refractivity (Wildman–Crippen MR) is 79.2 cm³/mol. The number of halogens is 1. The molecule has 0 bridgehead atoms. The number of nitrogens with zero attached hydrogens (tertiary/aromatic N) is 2. The van der Waals surface area contributed by atoms with Gasteiger partial charge in [0.2, 0.25) is 10.0 Å². The lowest BCUT2D eigenvalue weighted by atomic mass is 10.2. The lowest BCUT2D eigenvalue weighted by Gasteiger charge is -2.10. The molecule has 0 atom stereocenters. The zero-order chi connectivity index (χ0) is 15.5. The summed E-state index contributed by atoms with van der Waals surface area (Å²) in [7, 11) is -3.80. The lowest BCUT2D eigenvalue weighted by Crippen LogP contribution is -2.24. The Kier molecular flexibility index (Phi) is 4.58. The summed E-state index contributed by atoms with van der Waals surface area (Å²) in [5.74, 6) is 0. The van der Waals surface area contributed by atoms with Crippen molar-refractivity contribution in [3.8, 4) is 6.07 Å². The van der Waals surface area contributed by atoms with E-state index >= 15 is 0 Å². The van der Waals surface area contributed by atoms with Crippen molar-refractivity contribution in [2.75, 3.05) is 0 Å². The highest BCUT2D eigenvalue weighted by molar-refractivity contribution is 7.89. The van der Waals surface area contributed by atoms with Gasteiger partial charge < -0.3 is 0 Å². The molecule has 1 aromatic heterocycles. The summed E-state index contributed by atoms with van der Waals surface area (Å²) < 4.78 is 27.0. The molecule has 1 aromatic carbocycles. The minimum absolute atomic E-state index is 0.0735. The minimum Gasteiger partial charge on any atom is -0.264 e. The summed E-state index contributed by atoms with van der Waals surface area (Å²) in [6.07, 6.45) is 3.24. The maximum absolute atomic E-state index is 12.3. The fourth-order valence-corrected chi connectivity index (χ4v) is 3.24. The summed E-state index contributed by atoms with van der Waals surface area (Å²) in [5, 5.41) is 8.92. The van der Waals surface area contributed by atoms with Crippen LogP contribution in [0, 0.1) is 18.3 Å². The van der Waals surface area contributed by atoms with Crippen LogP contribution >= 0.6 is 11.6 Å². The van der Waals surface area contributed by atoms with Gasteiger partial charge in [0.25, 0.3) is 0 Å². The van der Waals surface area contributed by atoms with Crippen LogP contribution in [0.1, 0.15) is 16.7 Å². The maximum atomic E-state index is 12.3. The number of nitrogens with one attached hydrogen (secondary N) is 1. The third-order valence-electron chi connectivity index (χ3n) is 2.95. The van der Waals surface area contributed by atoms with Crippen molar-refractivity contribution >= 4 is 21.6 Å². The quantitative estimate of drug-likeness (QED) is 0.937. The van der Waals surface area contributed by atoms with Gasteiger partial charge >= 0.3 is 0 Å². The molecule has 2 aromatic rings. The molecule has 21 heavy (non-hydrogen) atoms. The van der Waals surface area contributed by atoms with Crippen LogP contribution in [0.4, 0.5) is 0 Å². The first-order valence-corrected chi connectivity index (χ1v) is 7.89. The second-order valence-electron chi connectivity index (χ2n) is 4.38. The van der Waals surface area contributed by atoms with E-state index in [1.165, 1.54) is 18.2 Å². The molecule has 108 valence electrons. The van der Waals surface area contributed by atoms with Crippen LogP contribution in [-0.4, -0.2) is 13.4 Å². The molecule has 2 rings (SSSR count). The molecule has 7 heteroatoms. The Bertz CT molecular complexity index is 813. The van der Waals surface area contributed by atoms with Gasteiger partial charge in [-0.3, -0.25) is 4.98 Å². The molecule has 5 nitrogen and oxygen atoms in total. The first-order valence-electron chi connectivity index (χ1n) is 6.03. The van der Waals surface area contributed by atoms with Crippen LogP contribution in [0.2, 0.25) is 5.02 Å². The van der Waals surface area contributed by atoms with E-state index in [1.54, 1.807) is 18.5 Å². The summed E-state index contributed by atoms with van der Waals surface area (Å²) in [6.45, 7) is 1.98. The average molecular weight is 322 g/mol. The zero-order valence-electron chi connectivity index (χ0n) is 11.2. The van der Waals surface area contributed by atoms with Crippen molar-refractivity contribution in [1.82, 2.24) is 9.71 Å². The second-order valence-corrected chi connectivity index (χ2v) is 6.53. The van der Waals surface area contributed by atoms with Gasteiger partial charge in [0.1, 0.15) is 4.90 Å². The topological polar surface area (TPSA) is 82.8 Å². The highest BCUT2D eigenvalue weighted by Crippen LogP contribution is 2.22. The summed E-state index contributed by atoms with van der Waals surface area (Å²) in [5.41, 5.74) is 1.94. The van der Waals surface area contributed by atoms with Crippen molar-refractivity contribution in [2.24, 2.45) is 0 Å². The summed E-state index contributed by atoms with van der Waals surface area (Å²) in [6, 6.07) is 7.80. The van der Waals surface area contributed by atoms with Gasteiger partial charge in [-0.15, -0.1) is 0 Å². The molecule has 1 N–H and O–H groups in total. The van der Waals surface area contributed by atoms with Crippen molar-refractivity contribution in [3.05, 3.63) is 58.4 Å². The maximum Gasteiger partial charge on any atom is 0.242 e. The van der Waals surface area contributed by atoms with Crippen LogP contribution < -0.4 is 4.72 Å². The van der Waals surface area contributed by atoms with Crippen LogP contribution in [0.15, 0.2) is 41.6 Å². The van der Waals surface area contributed by atoms with E-state index in [0.717, 1.165) is 11.1 Å². The Labute approximate surface area is 128 Å². The third kappa shape index (κ3) is 3.58. The van der Waals surface area contributed by atoms with Gasteiger partial charge in [-0.2, -0.15) is 5.26 Å². The standard InChI is InChI=1S/C14H12ClN3O2S/c1-10-4-5-17-8-12(10)9-18-21(19,20)14-6-11(7-16)2-3-13(14)15/h2-6,8,18H,9H2,1H3. The molecule has 0 spiro atoms. The number of pyridine rings is 1. The van der Waals surface area contributed by atoms with Crippen LogP contribution in [0.25, 0.3) is 0 Å². The van der Waals surface area contributed by atoms with Crippen LogP contribution in [0.3, 0.4) is 0 Å². The van der Waals surface area contributed by atoms with E-state index < -0.39 is 10.0 Å². The summed E-state index contributed by atoms with van der Waals surface area (Å²) in [4.78, 5) is 3.85. The molecule has 0 unspecified atom stereocenters. The fourth-order valence-electron chi connectivity index (χ4n) is 1.71. The number of aryl methyl sites for hydroxylation is 1. The zero-order valence-corrected chi connectivity index (χ0v) is 12.7. The van der Waals surface area contributed by atoms with E-state index in [9.17, 15) is 8.42 Å². The molecule has 0 aliphatic carbocycles. The first-order chi connectivity index (χ1) is 9.94. The van der Waals surface area contributed by atoms with Gasteiger partial charge in [0, 0.05) is 18.9 Å². The number of aromatic nitrogens is 1. The molecule has 0 aliphatic rings. The smallest absolute Gasteiger partial charge is 0.242 e. The Balaban J connectivity index is 2.28. The van der Waals surface area contributed by atoms with Crippen molar-refractivity contribution < 1.29 is 8.42 Å². The highest BCUT2D eigenvalue weighted by Gasteiger charge is 2.18. The van der Waals surface area contributed by atoms with Crippen molar-refractivity contribution in [2.45, 2.75) is 18.4 Å². The van der Waals surface area contributed by atoms with Gasteiger partial charge in [-0.1, -0.05) is 11.6 Å². The Morgan fingerprint density at radius 1 is 1.38 bits per heavy atom. The van der Waals surface area contributed by atoms with Gasteiger partial charge in [0.15, 0.2) is 0 Å². The Hall–Kier alpha value is -1.94. The molecule has 0 radical (unpaired) electrons. The number of sulfonamides is 1. The highest BCUT2D eigenvalue weighted by atomic mass is 35.5. The molecule has 1 heterocycles. The van der Waals surface area contributed by atoms with Gasteiger partial charge in [-0.25, -0.2) is 13.1 Å². The molecule has 0 fully saturated rings. The van der Waals surface area contributed by atoms with Crippen molar-refractivity contribution in [3.63, 3.8) is 0 Å². The molecule has 0 saturated heterocycles. The van der Waals surface area contributed by atoms with E-state index in [-0.39, 0.29) is 22.0 Å². The van der Waals surface area contributed by atoms with Crippen LogP contribution in [-0.2, 0) is 16.6 Å². The number of hydrogen-bond acceptors (Lipinski definition) is 4. The van der Waals surface area contributed by atoms with E-state index in [0.29, 0.717) is 0 Å². The van der Waals surface area contributed by atoms with Gasteiger partial charge in [0.05, 0.1) is 16.7 Å². The fraction of sp³-hybridized carbons (Fsp3) is 0.143. The van der Waals surface area contributed by atoms with Crippen LogP contribution in [0.5, 0.6) is 0 Å². The monoisotopic (exact) mass is 321 g/mol. The molecule has 0 amide bonds. The molecular weight excluding hydrogens is 310 g/mol. The Morgan fingerprint density at radius 3 is 2.81 bits per heavy atom. The normalized spacial score (nSPS) is 11.1. The number of hydrogen-bond donors (Lipinski definition) is 1. The minimum atomic E-state index is -3.80. The number of nitriles is 1. The molecule has 0 aliphatic heterocycles. The Morgan fingerprint density at radius 2 is 2.14 bits per heavy atom. The third-order valence-corrected chi connectivity index (χ3v) is 4.83. The second kappa shape index (κ2) is 6.22. The SMILES string of the molecule is Cc1ccncc1CNS(=O)(=O)c1cc(C#N)ccc1Cl. The summed E-state index contributed by atoms with van der Waals surface area (Å²) >= 11 is 5.91. The van der Waals surface area contributed by atoms with Gasteiger partial charge in [-0.05, 0) is 42.3 Å². The largest absolute Gasteiger partial charge is 0.264 e. The predicted octanol–water partition coefficient (Wildman–Crippen LogP) is 2.39. The van der Waals surface area contributed by atoms with E-state index in [4.69, 9.17) is 16.9 Å². The average Bonchev–Trinajstić information content (AvgIpc) is 2.47. The number of rotatable bonds is 4. The molecule has 0 saturated carbocycles. The number of benzene rings is 1. The first kappa shape index (κ1) is 15.4. The lowest BCUT2D eigenvalue weighted by molar-refractivity contribution is 0.581. The van der Waals surface area contributed by atoms with E-state index in [2.05, 4.69) is 9.71 Å². The van der Waals surface area contributed by atoms with E-state index in [1.807, 2.05) is 13.0 Å². The molecular formula is C14H12ClN3O2S.